The van der Waals surface area contributed by atoms with Crippen LogP contribution in [-0.4, -0.2) is 17.9 Å². The number of benzene rings is 3. The van der Waals surface area contributed by atoms with E-state index in [1.54, 1.807) is 36.5 Å². The van der Waals surface area contributed by atoms with Gasteiger partial charge < -0.3 is 10.6 Å². The Morgan fingerprint density at radius 3 is 2.23 bits per heavy atom. The highest BCUT2D eigenvalue weighted by Gasteiger charge is 2.39. The van der Waals surface area contributed by atoms with Crippen LogP contribution >= 0.6 is 15.9 Å². The summed E-state index contributed by atoms with van der Waals surface area (Å²) in [5, 5.41) is 4.41. The van der Waals surface area contributed by atoms with Gasteiger partial charge in [0.05, 0.1) is 17.1 Å². The van der Waals surface area contributed by atoms with Gasteiger partial charge in [-0.05, 0) is 48.9 Å². The lowest BCUT2D eigenvalue weighted by Gasteiger charge is -2.15. The molecular weight excluding hydrogens is 480 g/mol. The van der Waals surface area contributed by atoms with Gasteiger partial charge in [0.15, 0.2) is 5.78 Å². The lowest BCUT2D eigenvalue weighted by atomic mass is 9.99. The molecule has 0 unspecified atom stereocenters. The third-order valence-corrected chi connectivity index (χ3v) is 4.87. The van der Waals surface area contributed by atoms with E-state index in [0.717, 1.165) is 11.6 Å². The fourth-order valence-electron chi connectivity index (χ4n) is 2.81. The van der Waals surface area contributed by atoms with Crippen LogP contribution in [-0.2, 0) is 4.79 Å². The number of hydrogen-bond donors (Lipinski definition) is 2. The second kappa shape index (κ2) is 8.89. The van der Waals surface area contributed by atoms with Crippen LogP contribution < -0.4 is 10.6 Å². The molecule has 0 spiro atoms. The first-order valence-electron chi connectivity index (χ1n) is 8.91. The van der Waals surface area contributed by atoms with Crippen LogP contribution in [0.15, 0.2) is 65.1 Å². The Morgan fingerprint density at radius 1 is 0.903 bits per heavy atom. The molecule has 0 aliphatic carbocycles. The number of anilines is 3. The lowest BCUT2D eigenvalue weighted by Crippen LogP contribution is -2.30. The standard InChI is InChI=1S/C22H15BrF4N2O2/c1-12-4-2-3-5-15(12)20(30)13-6-8-17(16(24)10-13)28-19-11-14(23)7-9-18(19)29-21(31)22(25,26)27/h2-11,28H,1H3,(H,29,31). The number of nitrogens with one attached hydrogen (secondary N) is 2. The average molecular weight is 495 g/mol. The number of carbonyl (C=O) groups excluding carboxylic acids is 2. The molecule has 0 atom stereocenters. The van der Waals surface area contributed by atoms with Gasteiger partial charge in [0, 0.05) is 15.6 Å². The summed E-state index contributed by atoms with van der Waals surface area (Å²) in [6.45, 7) is 1.77. The maximum absolute atomic E-state index is 14.7. The molecule has 4 nitrogen and oxygen atoms in total. The molecule has 0 aromatic heterocycles. The van der Waals surface area contributed by atoms with Gasteiger partial charge in [-0.3, -0.25) is 9.59 Å². The van der Waals surface area contributed by atoms with Crippen molar-refractivity contribution in [1.29, 1.82) is 0 Å². The number of amides is 1. The molecule has 0 fully saturated rings. The Hall–Kier alpha value is -3.20. The molecule has 2 N–H and O–H groups in total. The number of alkyl halides is 3. The van der Waals surface area contributed by atoms with Gasteiger partial charge in [-0.2, -0.15) is 13.2 Å². The normalized spacial score (nSPS) is 11.2. The summed E-state index contributed by atoms with van der Waals surface area (Å²) < 4.78 is 53.0. The molecule has 3 aromatic rings. The first-order chi connectivity index (χ1) is 14.6. The van der Waals surface area contributed by atoms with Gasteiger partial charge in [-0.25, -0.2) is 4.39 Å². The van der Waals surface area contributed by atoms with Crippen LogP contribution in [0.5, 0.6) is 0 Å². The minimum Gasteiger partial charge on any atom is -0.351 e. The number of aryl methyl sites for hydroxylation is 1. The second-order valence-electron chi connectivity index (χ2n) is 6.61. The molecule has 31 heavy (non-hydrogen) atoms. The average Bonchev–Trinajstić information content (AvgIpc) is 2.70. The van der Waals surface area contributed by atoms with E-state index in [0.29, 0.717) is 10.0 Å². The van der Waals surface area contributed by atoms with Crippen molar-refractivity contribution in [1.82, 2.24) is 0 Å². The van der Waals surface area contributed by atoms with Crippen LogP contribution in [0.25, 0.3) is 0 Å². The van der Waals surface area contributed by atoms with E-state index in [2.05, 4.69) is 21.2 Å². The first kappa shape index (κ1) is 22.5. The summed E-state index contributed by atoms with van der Waals surface area (Å²) in [5.41, 5.74) is 1.06. The Balaban J connectivity index is 1.89. The molecule has 0 radical (unpaired) electrons. The Labute approximate surface area is 183 Å². The maximum atomic E-state index is 14.7. The van der Waals surface area contributed by atoms with E-state index in [-0.39, 0.29) is 28.4 Å². The fraction of sp³-hybridized carbons (Fsp3) is 0.0909. The molecule has 3 rings (SSSR count). The zero-order valence-electron chi connectivity index (χ0n) is 16.0. The van der Waals surface area contributed by atoms with Crippen molar-refractivity contribution in [3.05, 3.63) is 87.6 Å². The summed E-state index contributed by atoms with van der Waals surface area (Å²) in [7, 11) is 0. The number of carbonyl (C=O) groups is 2. The van der Waals surface area contributed by atoms with Crippen molar-refractivity contribution < 1.29 is 27.2 Å². The SMILES string of the molecule is Cc1ccccc1C(=O)c1ccc(Nc2cc(Br)ccc2NC(=O)C(F)(F)F)c(F)c1. The second-order valence-corrected chi connectivity index (χ2v) is 7.52. The molecule has 160 valence electrons. The quantitative estimate of drug-likeness (QED) is 0.320. The monoisotopic (exact) mass is 494 g/mol. The number of rotatable bonds is 5. The van der Waals surface area contributed by atoms with Crippen molar-refractivity contribution in [2.24, 2.45) is 0 Å². The van der Waals surface area contributed by atoms with E-state index >= 15 is 0 Å². The Morgan fingerprint density at radius 2 is 1.58 bits per heavy atom. The molecule has 1 amide bonds. The van der Waals surface area contributed by atoms with E-state index in [1.165, 1.54) is 30.3 Å². The first-order valence-corrected chi connectivity index (χ1v) is 9.70. The van der Waals surface area contributed by atoms with Gasteiger partial charge in [0.2, 0.25) is 0 Å². The highest BCUT2D eigenvalue weighted by molar-refractivity contribution is 9.10. The third-order valence-electron chi connectivity index (χ3n) is 4.38. The third kappa shape index (κ3) is 5.29. The predicted octanol–water partition coefficient (Wildman–Crippen LogP) is 6.37. The zero-order valence-corrected chi connectivity index (χ0v) is 17.6. The fourth-order valence-corrected chi connectivity index (χ4v) is 3.17. The molecule has 0 saturated carbocycles. The van der Waals surface area contributed by atoms with Crippen molar-refractivity contribution in [3.63, 3.8) is 0 Å². The zero-order chi connectivity index (χ0) is 22.8. The van der Waals surface area contributed by atoms with Crippen LogP contribution in [0, 0.1) is 12.7 Å². The van der Waals surface area contributed by atoms with Gasteiger partial charge in [0.1, 0.15) is 5.82 Å². The molecular formula is C22H15BrF4N2O2. The van der Waals surface area contributed by atoms with Gasteiger partial charge in [-0.1, -0.05) is 40.2 Å². The van der Waals surface area contributed by atoms with Crippen molar-refractivity contribution in [2.75, 3.05) is 10.6 Å². The molecule has 0 bridgehead atoms. The maximum Gasteiger partial charge on any atom is 0.471 e. The molecule has 0 saturated heterocycles. The Bertz CT molecular complexity index is 1160. The van der Waals surface area contributed by atoms with Crippen molar-refractivity contribution in [2.45, 2.75) is 13.1 Å². The summed E-state index contributed by atoms with van der Waals surface area (Å²) in [6, 6.07) is 14.7. The molecule has 9 heteroatoms. The van der Waals surface area contributed by atoms with Gasteiger partial charge in [0.25, 0.3) is 0 Å². The minimum atomic E-state index is -5.08. The van der Waals surface area contributed by atoms with Gasteiger partial charge in [-0.15, -0.1) is 0 Å². The molecule has 3 aromatic carbocycles. The summed E-state index contributed by atoms with van der Waals surface area (Å²) in [5.74, 6) is -3.30. The van der Waals surface area contributed by atoms with Crippen molar-refractivity contribution >= 4 is 44.7 Å². The lowest BCUT2D eigenvalue weighted by molar-refractivity contribution is -0.167. The van der Waals surface area contributed by atoms with Crippen molar-refractivity contribution in [3.8, 4) is 0 Å². The molecule has 0 aliphatic rings. The van der Waals surface area contributed by atoms with Crippen LogP contribution in [0.4, 0.5) is 34.6 Å². The Kier molecular flexibility index (Phi) is 6.45. The summed E-state index contributed by atoms with van der Waals surface area (Å²) in [4.78, 5) is 23.9. The minimum absolute atomic E-state index is 0.0313. The van der Waals surface area contributed by atoms with E-state index in [1.807, 2.05) is 0 Å². The summed E-state index contributed by atoms with van der Waals surface area (Å²) >= 11 is 3.18. The molecule has 0 heterocycles. The molecule has 0 aliphatic heterocycles. The van der Waals surface area contributed by atoms with Crippen LogP contribution in [0.2, 0.25) is 0 Å². The smallest absolute Gasteiger partial charge is 0.351 e. The topological polar surface area (TPSA) is 58.2 Å². The number of ketones is 1. The van der Waals surface area contributed by atoms with E-state index in [9.17, 15) is 27.2 Å². The number of halogens is 5. The highest BCUT2D eigenvalue weighted by atomic mass is 79.9. The van der Waals surface area contributed by atoms with Crippen LogP contribution in [0.1, 0.15) is 21.5 Å². The predicted molar refractivity (Wildman–Crippen MR) is 113 cm³/mol. The largest absolute Gasteiger partial charge is 0.471 e. The highest BCUT2D eigenvalue weighted by Crippen LogP contribution is 2.32. The van der Waals surface area contributed by atoms with Gasteiger partial charge >= 0.3 is 12.1 Å². The summed E-state index contributed by atoms with van der Waals surface area (Å²) in [6.07, 6.45) is -5.08. The van der Waals surface area contributed by atoms with E-state index < -0.39 is 17.9 Å². The number of hydrogen-bond acceptors (Lipinski definition) is 3. The van der Waals surface area contributed by atoms with E-state index in [4.69, 9.17) is 0 Å². The van der Waals surface area contributed by atoms with Crippen LogP contribution in [0.3, 0.4) is 0 Å².